The first-order valence-corrected chi connectivity index (χ1v) is 6.79. The SMILES string of the molecule is CN(C)C=C1C(=O)c2c(Br)sc(Br)c2C1=O. The topological polar surface area (TPSA) is 37.4 Å². The molecule has 0 radical (unpaired) electrons. The molecule has 0 saturated heterocycles. The lowest BCUT2D eigenvalue weighted by Crippen LogP contribution is -2.09. The first kappa shape index (κ1) is 12.0. The van der Waals surface area contributed by atoms with Crippen LogP contribution in [0.15, 0.2) is 19.3 Å². The zero-order valence-corrected chi connectivity index (χ0v) is 12.5. The Morgan fingerprint density at radius 1 is 1.06 bits per heavy atom. The van der Waals surface area contributed by atoms with Gasteiger partial charge >= 0.3 is 0 Å². The maximum atomic E-state index is 12.0. The lowest BCUT2D eigenvalue weighted by Gasteiger charge is -2.05. The van der Waals surface area contributed by atoms with Gasteiger partial charge in [-0.15, -0.1) is 11.3 Å². The molecule has 6 heteroatoms. The van der Waals surface area contributed by atoms with Crippen LogP contribution in [0.25, 0.3) is 0 Å². The number of halogens is 2. The molecule has 84 valence electrons. The van der Waals surface area contributed by atoms with E-state index in [4.69, 9.17) is 0 Å². The Balaban J connectivity index is 2.62. The van der Waals surface area contributed by atoms with E-state index in [9.17, 15) is 9.59 Å². The minimum Gasteiger partial charge on any atom is -0.383 e. The van der Waals surface area contributed by atoms with Crippen molar-refractivity contribution < 1.29 is 9.59 Å². The number of thiophene rings is 1. The van der Waals surface area contributed by atoms with E-state index in [1.807, 2.05) is 0 Å². The first-order valence-electron chi connectivity index (χ1n) is 4.39. The van der Waals surface area contributed by atoms with Gasteiger partial charge in [-0.1, -0.05) is 0 Å². The van der Waals surface area contributed by atoms with Crippen LogP contribution >= 0.6 is 43.2 Å². The summed E-state index contributed by atoms with van der Waals surface area (Å²) < 4.78 is 1.41. The Labute approximate surface area is 113 Å². The lowest BCUT2D eigenvalue weighted by atomic mass is 10.2. The quantitative estimate of drug-likeness (QED) is 0.567. The third-order valence-electron chi connectivity index (χ3n) is 2.15. The highest BCUT2D eigenvalue weighted by atomic mass is 79.9. The minimum atomic E-state index is -0.206. The summed E-state index contributed by atoms with van der Waals surface area (Å²) >= 11 is 7.96. The van der Waals surface area contributed by atoms with Gasteiger partial charge in [0, 0.05) is 20.3 Å². The molecular formula is C10H7Br2NO2S. The second kappa shape index (κ2) is 4.09. The van der Waals surface area contributed by atoms with Crippen LogP contribution in [-0.2, 0) is 0 Å². The van der Waals surface area contributed by atoms with Crippen LogP contribution < -0.4 is 0 Å². The Morgan fingerprint density at radius 3 is 1.88 bits per heavy atom. The van der Waals surface area contributed by atoms with E-state index < -0.39 is 0 Å². The number of nitrogens with zero attached hydrogens (tertiary/aromatic N) is 1. The molecule has 0 amide bonds. The van der Waals surface area contributed by atoms with Gasteiger partial charge in [-0.25, -0.2) is 0 Å². The first-order chi connectivity index (χ1) is 7.43. The second-order valence-electron chi connectivity index (χ2n) is 3.56. The molecular weight excluding hydrogens is 358 g/mol. The molecule has 3 nitrogen and oxygen atoms in total. The van der Waals surface area contributed by atoms with Crippen LogP contribution in [0.4, 0.5) is 0 Å². The smallest absolute Gasteiger partial charge is 0.201 e. The summed E-state index contributed by atoms with van der Waals surface area (Å²) in [5.74, 6) is -0.412. The molecule has 0 bridgehead atoms. The molecule has 2 rings (SSSR count). The molecule has 0 fully saturated rings. The molecule has 0 aromatic carbocycles. The van der Waals surface area contributed by atoms with Crippen LogP contribution in [0.5, 0.6) is 0 Å². The van der Waals surface area contributed by atoms with Gasteiger partial charge in [0.1, 0.15) is 0 Å². The van der Waals surface area contributed by atoms with Crippen LogP contribution in [-0.4, -0.2) is 30.6 Å². The van der Waals surface area contributed by atoms with Crippen LogP contribution in [0.3, 0.4) is 0 Å². The summed E-state index contributed by atoms with van der Waals surface area (Å²) in [6.07, 6.45) is 1.56. The van der Waals surface area contributed by atoms with Crippen molar-refractivity contribution in [3.8, 4) is 0 Å². The van der Waals surface area contributed by atoms with E-state index in [-0.39, 0.29) is 17.1 Å². The summed E-state index contributed by atoms with van der Waals surface area (Å²) in [7, 11) is 3.56. The molecule has 0 unspecified atom stereocenters. The molecule has 0 atom stereocenters. The van der Waals surface area contributed by atoms with E-state index in [0.29, 0.717) is 18.7 Å². The molecule has 1 aromatic rings. The van der Waals surface area contributed by atoms with Crippen molar-refractivity contribution in [2.75, 3.05) is 14.1 Å². The fraction of sp³-hybridized carbons (Fsp3) is 0.200. The average Bonchev–Trinajstić information content (AvgIpc) is 2.58. The summed E-state index contributed by atoms with van der Waals surface area (Å²) in [6, 6.07) is 0. The number of carbonyl (C=O) groups is 2. The molecule has 0 N–H and O–H groups in total. The van der Waals surface area contributed by atoms with Gasteiger partial charge in [0.15, 0.2) is 0 Å². The van der Waals surface area contributed by atoms with E-state index in [1.54, 1.807) is 25.2 Å². The van der Waals surface area contributed by atoms with E-state index in [2.05, 4.69) is 31.9 Å². The number of hydrogen-bond donors (Lipinski definition) is 0. The number of rotatable bonds is 1. The molecule has 1 aliphatic carbocycles. The van der Waals surface area contributed by atoms with Gasteiger partial charge < -0.3 is 4.90 Å². The molecule has 0 spiro atoms. The van der Waals surface area contributed by atoms with Crippen molar-refractivity contribution in [3.05, 3.63) is 30.5 Å². The maximum Gasteiger partial charge on any atom is 0.201 e. The monoisotopic (exact) mass is 363 g/mol. The van der Waals surface area contributed by atoms with E-state index in [0.717, 1.165) is 0 Å². The highest BCUT2D eigenvalue weighted by molar-refractivity contribution is 9.12. The predicted molar refractivity (Wildman–Crippen MR) is 70.2 cm³/mol. The molecule has 0 saturated carbocycles. The van der Waals surface area contributed by atoms with Crippen LogP contribution in [0, 0.1) is 0 Å². The molecule has 1 heterocycles. The standard InChI is InChI=1S/C10H7Br2NO2S/c1-13(2)3-4-7(14)5-6(8(4)15)10(12)16-9(5)11/h3H,1-2H3. The maximum absolute atomic E-state index is 12.0. The minimum absolute atomic E-state index is 0.206. The van der Waals surface area contributed by atoms with E-state index >= 15 is 0 Å². The zero-order valence-electron chi connectivity index (χ0n) is 8.51. The van der Waals surface area contributed by atoms with Gasteiger partial charge in [0.05, 0.1) is 24.3 Å². The Bertz CT molecular complexity index is 493. The average molecular weight is 365 g/mol. The van der Waals surface area contributed by atoms with Gasteiger partial charge in [0.2, 0.25) is 11.6 Å². The van der Waals surface area contributed by atoms with Gasteiger partial charge in [-0.05, 0) is 31.9 Å². The molecule has 1 aromatic heterocycles. The normalized spacial score (nSPS) is 14.4. The highest BCUT2D eigenvalue weighted by Crippen LogP contribution is 2.43. The van der Waals surface area contributed by atoms with Gasteiger partial charge in [-0.3, -0.25) is 9.59 Å². The van der Waals surface area contributed by atoms with Crippen molar-refractivity contribution >= 4 is 54.8 Å². The number of carbonyl (C=O) groups excluding carboxylic acids is 2. The van der Waals surface area contributed by atoms with Crippen molar-refractivity contribution in [2.45, 2.75) is 0 Å². The molecule has 0 aliphatic heterocycles. The largest absolute Gasteiger partial charge is 0.383 e. The molecule has 16 heavy (non-hydrogen) atoms. The van der Waals surface area contributed by atoms with Crippen LogP contribution in [0.2, 0.25) is 0 Å². The lowest BCUT2D eigenvalue weighted by molar-refractivity contribution is 0.0985. The second-order valence-corrected chi connectivity index (χ2v) is 7.22. The summed E-state index contributed by atoms with van der Waals surface area (Å²) in [6.45, 7) is 0. The Kier molecular flexibility index (Phi) is 3.07. The van der Waals surface area contributed by atoms with Gasteiger partial charge in [0.25, 0.3) is 0 Å². The fourth-order valence-electron chi connectivity index (χ4n) is 1.53. The number of fused-ring (bicyclic) bond motifs is 1. The number of allylic oxidation sites excluding steroid dienone is 1. The van der Waals surface area contributed by atoms with Crippen molar-refractivity contribution in [1.82, 2.24) is 4.90 Å². The van der Waals surface area contributed by atoms with Gasteiger partial charge in [-0.2, -0.15) is 0 Å². The van der Waals surface area contributed by atoms with Crippen molar-refractivity contribution in [3.63, 3.8) is 0 Å². The Morgan fingerprint density at radius 2 is 1.50 bits per heavy atom. The zero-order chi connectivity index (χ0) is 12.0. The van der Waals surface area contributed by atoms with E-state index in [1.165, 1.54) is 11.3 Å². The third-order valence-corrected chi connectivity index (χ3v) is 4.68. The van der Waals surface area contributed by atoms with Crippen LogP contribution in [0.1, 0.15) is 20.7 Å². The van der Waals surface area contributed by atoms with Crippen molar-refractivity contribution in [2.24, 2.45) is 0 Å². The number of ketones is 2. The summed E-state index contributed by atoms with van der Waals surface area (Å²) in [4.78, 5) is 25.7. The third kappa shape index (κ3) is 1.69. The number of hydrogen-bond acceptors (Lipinski definition) is 4. The summed E-state index contributed by atoms with van der Waals surface area (Å²) in [5, 5.41) is 0. The fourth-order valence-corrected chi connectivity index (χ4v) is 4.66. The summed E-state index contributed by atoms with van der Waals surface area (Å²) in [5.41, 5.74) is 1.19. The highest BCUT2D eigenvalue weighted by Gasteiger charge is 2.38. The van der Waals surface area contributed by atoms with Crippen molar-refractivity contribution in [1.29, 1.82) is 0 Å². The molecule has 1 aliphatic rings. The Hall–Kier alpha value is -0.460. The predicted octanol–water partition coefficient (Wildman–Crippen LogP) is 3.10. The number of Topliss-reactive ketones (excluding diaryl/α,β-unsaturated/α-hetero) is 2.